The second kappa shape index (κ2) is 6.46. The molecule has 7 heteroatoms. The molecule has 1 aliphatic carbocycles. The Labute approximate surface area is 147 Å². The highest BCUT2D eigenvalue weighted by molar-refractivity contribution is 5.79. The molecule has 0 atom stereocenters. The monoisotopic (exact) mass is 341 g/mol. The van der Waals surface area contributed by atoms with Gasteiger partial charge in [-0.1, -0.05) is 5.16 Å². The van der Waals surface area contributed by atoms with Gasteiger partial charge in [-0.15, -0.1) is 0 Å². The molecule has 0 saturated carbocycles. The summed E-state index contributed by atoms with van der Waals surface area (Å²) in [5.41, 5.74) is 4.22. The van der Waals surface area contributed by atoms with Crippen LogP contribution in [0.1, 0.15) is 34.7 Å². The molecule has 2 aromatic heterocycles. The molecule has 3 heterocycles. The highest BCUT2D eigenvalue weighted by Gasteiger charge is 2.27. The van der Waals surface area contributed by atoms with Crippen molar-refractivity contribution in [3.63, 3.8) is 0 Å². The van der Waals surface area contributed by atoms with Gasteiger partial charge < -0.3 is 14.3 Å². The third kappa shape index (κ3) is 2.99. The summed E-state index contributed by atoms with van der Waals surface area (Å²) in [7, 11) is 0. The second-order valence-electron chi connectivity index (χ2n) is 6.82. The average Bonchev–Trinajstić information content (AvgIpc) is 3.23. The van der Waals surface area contributed by atoms with Gasteiger partial charge in [-0.05, 0) is 33.1 Å². The van der Waals surface area contributed by atoms with Crippen molar-refractivity contribution in [2.45, 2.75) is 39.5 Å². The van der Waals surface area contributed by atoms with Crippen LogP contribution in [0.2, 0.25) is 0 Å². The lowest BCUT2D eigenvalue weighted by Gasteiger charge is -2.36. The maximum absolute atomic E-state index is 12.6. The Hall–Kier alpha value is -2.44. The van der Waals surface area contributed by atoms with Crippen molar-refractivity contribution in [1.29, 1.82) is 0 Å². The topological polar surface area (TPSA) is 75.4 Å². The molecule has 0 spiro atoms. The van der Waals surface area contributed by atoms with Crippen LogP contribution < -0.4 is 4.90 Å². The molecule has 0 radical (unpaired) electrons. The lowest BCUT2D eigenvalue weighted by Crippen LogP contribution is -2.49. The number of fused-ring (bicyclic) bond motifs is 1. The number of piperazine rings is 1. The largest absolute Gasteiger partial charge is 0.361 e. The van der Waals surface area contributed by atoms with Crippen molar-refractivity contribution in [2.24, 2.45) is 0 Å². The highest BCUT2D eigenvalue weighted by atomic mass is 16.5. The Bertz CT molecular complexity index is 773. The summed E-state index contributed by atoms with van der Waals surface area (Å²) in [5, 5.41) is 3.93. The fraction of sp³-hybridized carbons (Fsp3) is 0.556. The number of carbonyl (C=O) groups is 1. The van der Waals surface area contributed by atoms with E-state index < -0.39 is 0 Å². The summed E-state index contributed by atoms with van der Waals surface area (Å²) in [5.74, 6) is 1.95. The van der Waals surface area contributed by atoms with Gasteiger partial charge in [0.05, 0.1) is 12.1 Å². The molecule has 1 aliphatic heterocycles. The van der Waals surface area contributed by atoms with Crippen LogP contribution >= 0.6 is 0 Å². The molecule has 1 amide bonds. The van der Waals surface area contributed by atoms with Crippen LogP contribution in [0, 0.1) is 13.8 Å². The minimum atomic E-state index is 0.141. The molecular weight excluding hydrogens is 318 g/mol. The molecule has 4 rings (SSSR count). The predicted octanol–water partition coefficient (Wildman–Crippen LogP) is 1.46. The number of amides is 1. The van der Waals surface area contributed by atoms with Crippen LogP contribution in [-0.4, -0.2) is 52.1 Å². The lowest BCUT2D eigenvalue weighted by atomic mass is 10.1. The van der Waals surface area contributed by atoms with Gasteiger partial charge in [0, 0.05) is 43.0 Å². The SMILES string of the molecule is Cc1noc(C)c1CC(=O)N1CCN(c2ncnc3c2CCC3)CC1. The van der Waals surface area contributed by atoms with E-state index in [1.807, 2.05) is 18.7 Å². The van der Waals surface area contributed by atoms with Crippen molar-refractivity contribution < 1.29 is 9.32 Å². The quantitative estimate of drug-likeness (QED) is 0.841. The molecular formula is C18H23N5O2. The highest BCUT2D eigenvalue weighted by Crippen LogP contribution is 2.28. The molecule has 25 heavy (non-hydrogen) atoms. The van der Waals surface area contributed by atoms with Crippen LogP contribution in [0.15, 0.2) is 10.9 Å². The smallest absolute Gasteiger partial charge is 0.227 e. The molecule has 2 aromatic rings. The van der Waals surface area contributed by atoms with Crippen LogP contribution in [-0.2, 0) is 24.1 Å². The minimum Gasteiger partial charge on any atom is -0.361 e. The predicted molar refractivity (Wildman–Crippen MR) is 92.5 cm³/mol. The number of aryl methyl sites for hydroxylation is 3. The number of rotatable bonds is 3. The first-order chi connectivity index (χ1) is 12.1. The first-order valence-corrected chi connectivity index (χ1v) is 8.90. The average molecular weight is 341 g/mol. The fourth-order valence-electron chi connectivity index (χ4n) is 3.80. The molecule has 0 bridgehead atoms. The molecule has 1 fully saturated rings. The maximum Gasteiger partial charge on any atom is 0.227 e. The molecule has 7 nitrogen and oxygen atoms in total. The van der Waals surface area contributed by atoms with Gasteiger partial charge in [0.1, 0.15) is 17.9 Å². The summed E-state index contributed by atoms with van der Waals surface area (Å²) in [6.45, 7) is 6.82. The van der Waals surface area contributed by atoms with Gasteiger partial charge in [-0.2, -0.15) is 0 Å². The number of aromatic nitrogens is 3. The van der Waals surface area contributed by atoms with Crippen molar-refractivity contribution in [3.05, 3.63) is 34.6 Å². The van der Waals surface area contributed by atoms with E-state index in [1.54, 1.807) is 6.33 Å². The zero-order chi connectivity index (χ0) is 17.4. The zero-order valence-corrected chi connectivity index (χ0v) is 14.8. The minimum absolute atomic E-state index is 0.141. The summed E-state index contributed by atoms with van der Waals surface area (Å²) in [4.78, 5) is 25.8. The van der Waals surface area contributed by atoms with E-state index in [9.17, 15) is 4.79 Å². The van der Waals surface area contributed by atoms with E-state index in [0.29, 0.717) is 6.42 Å². The lowest BCUT2D eigenvalue weighted by molar-refractivity contribution is -0.130. The summed E-state index contributed by atoms with van der Waals surface area (Å²) < 4.78 is 5.16. The van der Waals surface area contributed by atoms with Crippen LogP contribution in [0.5, 0.6) is 0 Å². The van der Waals surface area contributed by atoms with Crippen LogP contribution in [0.25, 0.3) is 0 Å². The van der Waals surface area contributed by atoms with E-state index in [4.69, 9.17) is 4.52 Å². The Morgan fingerprint density at radius 3 is 2.68 bits per heavy atom. The normalized spacial score (nSPS) is 17.0. The third-order valence-corrected chi connectivity index (χ3v) is 5.29. The molecule has 0 N–H and O–H groups in total. The van der Waals surface area contributed by atoms with Crippen molar-refractivity contribution >= 4 is 11.7 Å². The van der Waals surface area contributed by atoms with Crippen molar-refractivity contribution in [2.75, 3.05) is 31.1 Å². The Morgan fingerprint density at radius 2 is 1.96 bits per heavy atom. The molecule has 1 saturated heterocycles. The fourth-order valence-corrected chi connectivity index (χ4v) is 3.80. The van der Waals surface area contributed by atoms with Gasteiger partial charge in [0.2, 0.25) is 5.91 Å². The first-order valence-electron chi connectivity index (χ1n) is 8.90. The van der Waals surface area contributed by atoms with Gasteiger partial charge in [0.25, 0.3) is 0 Å². The summed E-state index contributed by atoms with van der Waals surface area (Å²) in [6, 6.07) is 0. The van der Waals surface area contributed by atoms with Crippen LogP contribution in [0.4, 0.5) is 5.82 Å². The van der Waals surface area contributed by atoms with E-state index in [-0.39, 0.29) is 5.91 Å². The first kappa shape index (κ1) is 16.1. The van der Waals surface area contributed by atoms with Gasteiger partial charge in [0.15, 0.2) is 0 Å². The molecule has 0 unspecified atom stereocenters. The molecule has 132 valence electrons. The van der Waals surface area contributed by atoms with Crippen LogP contribution in [0.3, 0.4) is 0 Å². The van der Waals surface area contributed by atoms with E-state index in [1.165, 1.54) is 11.3 Å². The number of hydrogen-bond donors (Lipinski definition) is 0. The molecule has 0 aromatic carbocycles. The Morgan fingerprint density at radius 1 is 1.16 bits per heavy atom. The number of carbonyl (C=O) groups excluding carboxylic acids is 1. The van der Waals surface area contributed by atoms with E-state index >= 15 is 0 Å². The zero-order valence-electron chi connectivity index (χ0n) is 14.8. The van der Waals surface area contributed by atoms with Gasteiger partial charge in [-0.25, -0.2) is 9.97 Å². The standard InChI is InChI=1S/C18H23N5O2/c1-12-15(13(2)25-21-12)10-17(24)22-6-8-23(9-7-22)18-14-4-3-5-16(14)19-11-20-18/h11H,3-10H2,1-2H3. The maximum atomic E-state index is 12.6. The van der Waals surface area contributed by atoms with Gasteiger partial charge >= 0.3 is 0 Å². The summed E-state index contributed by atoms with van der Waals surface area (Å²) in [6.07, 6.45) is 5.33. The Balaban J connectivity index is 1.40. The van der Waals surface area contributed by atoms with E-state index in [2.05, 4.69) is 20.0 Å². The Kier molecular flexibility index (Phi) is 4.15. The number of anilines is 1. The second-order valence-corrected chi connectivity index (χ2v) is 6.82. The third-order valence-electron chi connectivity index (χ3n) is 5.29. The number of nitrogens with zero attached hydrogens (tertiary/aromatic N) is 5. The van der Waals surface area contributed by atoms with E-state index in [0.717, 1.165) is 68.3 Å². The van der Waals surface area contributed by atoms with Gasteiger partial charge in [-0.3, -0.25) is 4.79 Å². The summed E-state index contributed by atoms with van der Waals surface area (Å²) >= 11 is 0. The molecule has 2 aliphatic rings. The van der Waals surface area contributed by atoms with Crippen molar-refractivity contribution in [1.82, 2.24) is 20.0 Å². The van der Waals surface area contributed by atoms with Crippen molar-refractivity contribution in [3.8, 4) is 0 Å². The number of hydrogen-bond acceptors (Lipinski definition) is 6.